The summed E-state index contributed by atoms with van der Waals surface area (Å²) in [5.74, 6) is -1.27. The standard InChI is InChI=1S/C27H26N4O8/c1-4-37-23-14-11-19(15-24(23)38-5-2)27(34)39-25-20(7-6-8-22(25)31(35)36)16-28-30-26(33)18-9-12-21(13-10-18)29-17(3)32/h6-16H,4-5H2,1-3H3,(H,29,32)(H,30,33)/b28-16+. The number of nitrogens with one attached hydrogen (secondary N) is 2. The van der Waals surface area contributed by atoms with Gasteiger partial charge in [-0.1, -0.05) is 6.07 Å². The molecule has 202 valence electrons. The van der Waals surface area contributed by atoms with Crippen LogP contribution in [0, 0.1) is 10.1 Å². The number of esters is 1. The Hall–Kier alpha value is -5.26. The van der Waals surface area contributed by atoms with Crippen molar-refractivity contribution in [1.29, 1.82) is 0 Å². The van der Waals surface area contributed by atoms with Crippen LogP contribution >= 0.6 is 0 Å². The Morgan fingerprint density at radius 2 is 1.62 bits per heavy atom. The van der Waals surface area contributed by atoms with Crippen molar-refractivity contribution in [2.45, 2.75) is 20.8 Å². The molecule has 12 nitrogen and oxygen atoms in total. The Labute approximate surface area is 223 Å². The minimum absolute atomic E-state index is 0.0785. The number of hydrogen-bond acceptors (Lipinski definition) is 9. The SMILES string of the molecule is CCOc1ccc(C(=O)Oc2c(/C=N/NC(=O)c3ccc(NC(C)=O)cc3)cccc2[N+](=O)[O-])cc1OCC. The lowest BCUT2D eigenvalue weighted by molar-refractivity contribution is -0.385. The Morgan fingerprint density at radius 3 is 2.26 bits per heavy atom. The molecule has 2 N–H and O–H groups in total. The molecule has 0 saturated carbocycles. The fourth-order valence-electron chi connectivity index (χ4n) is 3.36. The van der Waals surface area contributed by atoms with E-state index in [9.17, 15) is 24.5 Å². The van der Waals surface area contributed by atoms with Crippen molar-refractivity contribution in [2.24, 2.45) is 5.10 Å². The van der Waals surface area contributed by atoms with Gasteiger partial charge in [-0.25, -0.2) is 10.2 Å². The second kappa shape index (κ2) is 13.3. The monoisotopic (exact) mass is 534 g/mol. The van der Waals surface area contributed by atoms with Crippen molar-refractivity contribution in [2.75, 3.05) is 18.5 Å². The summed E-state index contributed by atoms with van der Waals surface area (Å²) in [7, 11) is 0. The van der Waals surface area contributed by atoms with Gasteiger partial charge >= 0.3 is 11.7 Å². The molecule has 3 aromatic carbocycles. The predicted molar refractivity (Wildman–Crippen MR) is 143 cm³/mol. The van der Waals surface area contributed by atoms with Gasteiger partial charge in [0.05, 0.1) is 29.9 Å². The highest BCUT2D eigenvalue weighted by atomic mass is 16.6. The molecule has 12 heteroatoms. The Balaban J connectivity index is 1.82. The number of para-hydroxylation sites is 1. The highest BCUT2D eigenvalue weighted by Gasteiger charge is 2.23. The fraction of sp³-hybridized carbons (Fsp3) is 0.185. The van der Waals surface area contributed by atoms with Crippen molar-refractivity contribution >= 4 is 35.4 Å². The van der Waals surface area contributed by atoms with Gasteiger partial charge in [-0.15, -0.1) is 0 Å². The molecular formula is C27H26N4O8. The lowest BCUT2D eigenvalue weighted by Gasteiger charge is -2.12. The largest absolute Gasteiger partial charge is 0.490 e. The summed E-state index contributed by atoms with van der Waals surface area (Å²) in [5, 5.41) is 18.1. The number of hydrogen-bond donors (Lipinski definition) is 2. The zero-order chi connectivity index (χ0) is 28.4. The average Bonchev–Trinajstić information content (AvgIpc) is 2.90. The molecule has 0 aliphatic rings. The van der Waals surface area contributed by atoms with E-state index < -0.39 is 22.5 Å². The van der Waals surface area contributed by atoms with Gasteiger partial charge in [0, 0.05) is 29.8 Å². The summed E-state index contributed by atoms with van der Waals surface area (Å²) in [6.07, 6.45) is 1.13. The van der Waals surface area contributed by atoms with Gasteiger partial charge in [0.2, 0.25) is 11.7 Å². The third kappa shape index (κ3) is 7.61. The number of rotatable bonds is 11. The van der Waals surface area contributed by atoms with Crippen LogP contribution in [-0.2, 0) is 4.79 Å². The minimum atomic E-state index is -0.869. The summed E-state index contributed by atoms with van der Waals surface area (Å²) in [6.45, 7) is 5.67. The van der Waals surface area contributed by atoms with E-state index in [1.165, 1.54) is 49.4 Å². The van der Waals surface area contributed by atoms with Crippen molar-refractivity contribution in [1.82, 2.24) is 5.43 Å². The van der Waals surface area contributed by atoms with Crippen molar-refractivity contribution in [3.8, 4) is 17.2 Å². The molecule has 0 bridgehead atoms. The molecule has 2 amide bonds. The number of benzene rings is 3. The minimum Gasteiger partial charge on any atom is -0.490 e. The van der Waals surface area contributed by atoms with Gasteiger partial charge in [0.15, 0.2) is 11.5 Å². The van der Waals surface area contributed by atoms with Crippen molar-refractivity contribution < 1.29 is 33.5 Å². The first-order valence-electron chi connectivity index (χ1n) is 11.8. The summed E-state index contributed by atoms with van der Waals surface area (Å²) < 4.78 is 16.5. The smallest absolute Gasteiger partial charge is 0.343 e. The fourth-order valence-corrected chi connectivity index (χ4v) is 3.36. The first kappa shape index (κ1) is 28.3. The second-order valence-corrected chi connectivity index (χ2v) is 7.83. The molecular weight excluding hydrogens is 508 g/mol. The van der Waals surface area contributed by atoms with E-state index >= 15 is 0 Å². The van der Waals surface area contributed by atoms with Gasteiger partial charge in [-0.2, -0.15) is 5.10 Å². The number of amides is 2. The third-order valence-electron chi connectivity index (χ3n) is 5.03. The number of nitro groups is 1. The number of anilines is 1. The predicted octanol–water partition coefficient (Wildman–Crippen LogP) is 4.33. The molecule has 0 atom stereocenters. The molecule has 0 aromatic heterocycles. The van der Waals surface area contributed by atoms with Gasteiger partial charge in [0.1, 0.15) is 0 Å². The van der Waals surface area contributed by atoms with E-state index in [4.69, 9.17) is 14.2 Å². The molecule has 0 heterocycles. The van der Waals surface area contributed by atoms with Crippen molar-refractivity contribution in [3.63, 3.8) is 0 Å². The number of ether oxygens (including phenoxy) is 3. The highest BCUT2D eigenvalue weighted by Crippen LogP contribution is 2.33. The topological polar surface area (TPSA) is 158 Å². The maximum absolute atomic E-state index is 12.9. The molecule has 3 rings (SSSR count). The van der Waals surface area contributed by atoms with Crippen LogP contribution in [0.3, 0.4) is 0 Å². The molecule has 0 radical (unpaired) electrons. The van der Waals surface area contributed by atoms with Crippen LogP contribution in [0.5, 0.6) is 17.2 Å². The van der Waals surface area contributed by atoms with Crippen LogP contribution in [0.4, 0.5) is 11.4 Å². The highest BCUT2D eigenvalue weighted by molar-refractivity contribution is 5.97. The number of nitro benzene ring substituents is 1. The number of nitrogens with zero attached hydrogens (tertiary/aromatic N) is 2. The van der Waals surface area contributed by atoms with Gasteiger partial charge < -0.3 is 19.5 Å². The van der Waals surface area contributed by atoms with Gasteiger partial charge in [-0.3, -0.25) is 19.7 Å². The summed E-state index contributed by atoms with van der Waals surface area (Å²) in [6, 6.07) is 14.5. The summed E-state index contributed by atoms with van der Waals surface area (Å²) in [4.78, 5) is 47.5. The van der Waals surface area contributed by atoms with E-state index in [1.807, 2.05) is 6.92 Å². The van der Waals surface area contributed by atoms with Crippen LogP contribution in [0.25, 0.3) is 0 Å². The lowest BCUT2D eigenvalue weighted by Crippen LogP contribution is -2.18. The van der Waals surface area contributed by atoms with E-state index in [0.29, 0.717) is 30.4 Å². The number of carbonyl (C=O) groups is 3. The quantitative estimate of drug-likeness (QED) is 0.121. The van der Waals surface area contributed by atoms with Crippen LogP contribution in [0.2, 0.25) is 0 Å². The molecule has 0 aliphatic carbocycles. The van der Waals surface area contributed by atoms with E-state index in [0.717, 1.165) is 6.21 Å². The molecule has 0 aliphatic heterocycles. The Kier molecular flexibility index (Phi) is 9.68. The number of hydrazone groups is 1. The average molecular weight is 535 g/mol. The van der Waals surface area contributed by atoms with Crippen LogP contribution in [0.1, 0.15) is 47.1 Å². The molecule has 0 unspecified atom stereocenters. The number of carbonyl (C=O) groups excluding carboxylic acids is 3. The van der Waals surface area contributed by atoms with Gasteiger partial charge in [-0.05, 0) is 62.4 Å². The summed E-state index contributed by atoms with van der Waals surface area (Å²) >= 11 is 0. The first-order chi connectivity index (χ1) is 18.7. The molecule has 0 fully saturated rings. The van der Waals surface area contributed by atoms with Crippen LogP contribution in [-0.4, -0.2) is 42.1 Å². The van der Waals surface area contributed by atoms with Crippen LogP contribution < -0.4 is 25.0 Å². The van der Waals surface area contributed by atoms with E-state index in [2.05, 4.69) is 15.8 Å². The van der Waals surface area contributed by atoms with E-state index in [-0.39, 0.29) is 28.3 Å². The molecule has 3 aromatic rings. The normalized spacial score (nSPS) is 10.5. The third-order valence-corrected chi connectivity index (χ3v) is 5.03. The Bertz CT molecular complexity index is 1400. The Morgan fingerprint density at radius 1 is 0.949 bits per heavy atom. The zero-order valence-corrected chi connectivity index (χ0v) is 21.4. The van der Waals surface area contributed by atoms with Crippen molar-refractivity contribution in [3.05, 3.63) is 87.5 Å². The molecule has 0 saturated heterocycles. The van der Waals surface area contributed by atoms with Crippen LogP contribution in [0.15, 0.2) is 65.8 Å². The lowest BCUT2D eigenvalue weighted by atomic mass is 10.1. The zero-order valence-electron chi connectivity index (χ0n) is 21.4. The first-order valence-corrected chi connectivity index (χ1v) is 11.8. The van der Waals surface area contributed by atoms with E-state index in [1.54, 1.807) is 25.1 Å². The summed E-state index contributed by atoms with van der Waals surface area (Å²) in [5.41, 5.74) is 2.78. The molecule has 0 spiro atoms. The maximum Gasteiger partial charge on any atom is 0.343 e. The second-order valence-electron chi connectivity index (χ2n) is 7.83. The van der Waals surface area contributed by atoms with Gasteiger partial charge in [0.25, 0.3) is 5.91 Å². The maximum atomic E-state index is 12.9. The molecule has 39 heavy (non-hydrogen) atoms.